The van der Waals surface area contributed by atoms with Gasteiger partial charge in [-0.05, 0) is 354 Å². The van der Waals surface area contributed by atoms with Crippen LogP contribution in [0.2, 0.25) is 0 Å². The molecule has 3 heterocycles. The van der Waals surface area contributed by atoms with Crippen molar-refractivity contribution in [2.75, 3.05) is 0 Å². The molecule has 21 rings (SSSR count). The zero-order valence-corrected chi connectivity index (χ0v) is 76.1. The van der Waals surface area contributed by atoms with Crippen LogP contribution in [0.4, 0.5) is 0 Å². The van der Waals surface area contributed by atoms with Crippen LogP contribution < -0.4 is 41.8 Å². The van der Waals surface area contributed by atoms with Crippen LogP contribution >= 0.6 is 23.5 Å². The van der Waals surface area contributed by atoms with Gasteiger partial charge in [0.05, 0.1) is 0 Å². The van der Waals surface area contributed by atoms with E-state index in [-0.39, 0.29) is 67.2 Å². The first-order chi connectivity index (χ1) is 59.1. The molecule has 3 aliphatic rings. The van der Waals surface area contributed by atoms with Crippen molar-refractivity contribution in [1.82, 2.24) is 0 Å². The van der Waals surface area contributed by atoms with E-state index in [2.05, 4.69) is 301 Å². The number of aryl methyl sites for hydroxylation is 12. The van der Waals surface area contributed by atoms with E-state index in [4.69, 9.17) is 27.1 Å². The molecule has 0 spiro atoms. The summed E-state index contributed by atoms with van der Waals surface area (Å²) in [6, 6.07) is 97.8. The summed E-state index contributed by atoms with van der Waals surface area (Å²) in [6.07, 6.45) is 0. The van der Waals surface area contributed by atoms with Gasteiger partial charge in [-0.2, -0.15) is 0 Å². The number of phosphoric acid groups is 3. The van der Waals surface area contributed by atoms with Gasteiger partial charge in [-0.1, -0.05) is 218 Å². The largest absolute Gasteiger partial charge is 3.00 e. The summed E-state index contributed by atoms with van der Waals surface area (Å²) in [4.78, 5) is 38.6. The standard InChI is InChI=1S/3C36H29O4P.Y/c3*1-21-7-5-8-22(2)33(21)27-11-15-29-25(19-27)13-17-31-35(29)36-30-16-12-28(34-23(3)9-6-10-24(34)4)20-26(30)14-18-32(36)40-41(37,38)39-31;/h3*5-20H,1-4H3,(H,37,38);/q;;;+3/p-3. The van der Waals surface area contributed by atoms with Crippen LogP contribution in [0.1, 0.15) is 66.8 Å². The molecular weight excluding hydrogens is 1670 g/mol. The monoisotopic (exact) mass is 1750 g/mol. The van der Waals surface area contributed by atoms with Gasteiger partial charge < -0.3 is 41.8 Å². The van der Waals surface area contributed by atoms with Crippen molar-refractivity contribution in [3.8, 4) is 135 Å². The number of phosphoric ester groups is 3. The Bertz CT molecular complexity index is 6440. The maximum atomic E-state index is 12.9. The third-order valence-corrected chi connectivity index (χ3v) is 27.0. The molecule has 16 heteroatoms. The van der Waals surface area contributed by atoms with Gasteiger partial charge in [0.25, 0.3) is 0 Å². The molecule has 0 unspecified atom stereocenters. The normalized spacial score (nSPS) is 13.6. The minimum atomic E-state index is -4.64. The van der Waals surface area contributed by atoms with Crippen LogP contribution in [-0.2, 0) is 46.4 Å². The smallest absolute Gasteiger partial charge is 0.736 e. The van der Waals surface area contributed by atoms with Crippen molar-refractivity contribution in [2.24, 2.45) is 0 Å². The van der Waals surface area contributed by atoms with E-state index in [1.165, 1.54) is 100 Å². The fraction of sp³-hybridized carbons (Fsp3) is 0.111. The van der Waals surface area contributed by atoms with Gasteiger partial charge in [0.1, 0.15) is 34.5 Å². The van der Waals surface area contributed by atoms with Gasteiger partial charge in [-0.3, -0.25) is 0 Å². The number of benzene rings is 18. The van der Waals surface area contributed by atoms with Crippen LogP contribution in [0.15, 0.2) is 291 Å². The van der Waals surface area contributed by atoms with Crippen molar-refractivity contribution in [3.63, 3.8) is 0 Å². The van der Waals surface area contributed by atoms with Gasteiger partial charge >= 0.3 is 56.2 Å². The third-order valence-electron chi connectivity index (χ3n) is 24.5. The summed E-state index contributed by atoms with van der Waals surface area (Å²) >= 11 is 0. The summed E-state index contributed by atoms with van der Waals surface area (Å²) in [7, 11) is -13.9. The SMILES string of the molecule is Cc1cccc(C)c1-c1ccc2c3c(ccc2c1)OP(=O)([O-])Oc1ccc2cc(-c4c(C)cccc4C)ccc2c1-3.Cc1cccc(C)c1-c1ccc2c3c(ccc2c1)OP(=O)([O-])Oc1ccc2cc(-c4c(C)cccc4C)ccc2c1-3.Cc1cccc(C)c1-c1ccc2c3c(ccc2c1)OP(=O)([O-])Oc1ccc2cc(-c4c(C)cccc4C)ccc2c1-3.[Y+3]. The van der Waals surface area contributed by atoms with Gasteiger partial charge in [0.2, 0.25) is 0 Å². The van der Waals surface area contributed by atoms with Crippen molar-refractivity contribution >= 4 is 88.1 Å². The maximum absolute atomic E-state index is 12.9. The van der Waals surface area contributed by atoms with E-state index in [1.807, 2.05) is 36.4 Å². The molecule has 0 saturated heterocycles. The maximum Gasteiger partial charge on any atom is 3.00 e. The number of hydrogen-bond donors (Lipinski definition) is 0. The molecule has 0 saturated carbocycles. The molecule has 0 bridgehead atoms. The van der Waals surface area contributed by atoms with Crippen molar-refractivity contribution in [2.45, 2.75) is 83.1 Å². The summed E-state index contributed by atoms with van der Waals surface area (Å²) < 4.78 is 71.9. The molecule has 606 valence electrons. The first-order valence-electron chi connectivity index (χ1n) is 41.0. The molecular formula is C108H84O12P3Y. The quantitative estimate of drug-likeness (QED) is 0.144. The van der Waals surface area contributed by atoms with Crippen LogP contribution in [0.5, 0.6) is 34.5 Å². The minimum Gasteiger partial charge on any atom is -0.736 e. The minimum absolute atomic E-state index is 0. The molecule has 0 amide bonds. The number of hydrogen-bond acceptors (Lipinski definition) is 12. The van der Waals surface area contributed by atoms with E-state index in [0.717, 1.165) is 98.0 Å². The number of fused-ring (bicyclic) bond motifs is 21. The molecule has 18 aromatic carbocycles. The van der Waals surface area contributed by atoms with E-state index in [9.17, 15) is 28.4 Å². The van der Waals surface area contributed by atoms with E-state index in [1.54, 1.807) is 36.4 Å². The van der Waals surface area contributed by atoms with Crippen LogP contribution in [0, 0.1) is 83.1 Å². The first-order valence-corrected chi connectivity index (χ1v) is 45.4. The van der Waals surface area contributed by atoms with Gasteiger partial charge in [0, 0.05) is 33.4 Å². The Morgan fingerprint density at radius 1 is 0.177 bits per heavy atom. The zero-order valence-electron chi connectivity index (χ0n) is 70.5. The second-order valence-electron chi connectivity index (χ2n) is 32.7. The summed E-state index contributed by atoms with van der Waals surface area (Å²) in [6.45, 7) is 25.4. The molecule has 0 N–H and O–H groups in total. The summed E-state index contributed by atoms with van der Waals surface area (Å²) in [5, 5.41) is 11.3. The van der Waals surface area contributed by atoms with Crippen molar-refractivity contribution in [3.05, 3.63) is 358 Å². The number of rotatable bonds is 6. The molecule has 0 atom stereocenters. The Morgan fingerprint density at radius 2 is 0.306 bits per heavy atom. The van der Waals surface area contributed by atoms with Gasteiger partial charge in [-0.25, -0.2) is 13.7 Å². The Hall–Kier alpha value is -12.0. The van der Waals surface area contributed by atoms with Crippen molar-refractivity contribution < 1.29 is 88.2 Å². The third kappa shape index (κ3) is 15.1. The molecule has 18 aromatic rings. The fourth-order valence-electron chi connectivity index (χ4n) is 19.2. The Morgan fingerprint density at radius 3 is 0.435 bits per heavy atom. The molecule has 124 heavy (non-hydrogen) atoms. The first kappa shape index (κ1) is 82.9. The molecule has 12 nitrogen and oxygen atoms in total. The Labute approximate surface area is 746 Å². The molecule has 0 aliphatic carbocycles. The van der Waals surface area contributed by atoms with Crippen LogP contribution in [0.3, 0.4) is 0 Å². The predicted molar refractivity (Wildman–Crippen MR) is 497 cm³/mol. The van der Waals surface area contributed by atoms with E-state index >= 15 is 0 Å². The average Bonchev–Trinajstić information content (AvgIpc) is 1.59. The zero-order chi connectivity index (χ0) is 85.4. The van der Waals surface area contributed by atoms with Gasteiger partial charge in [-0.15, -0.1) is 0 Å². The fourth-order valence-corrected chi connectivity index (χ4v) is 21.7. The molecule has 0 fully saturated rings. The average molecular weight is 1760 g/mol. The second-order valence-corrected chi connectivity index (χ2v) is 36.5. The van der Waals surface area contributed by atoms with E-state index < -0.39 is 23.5 Å². The topological polar surface area (TPSA) is 176 Å². The molecule has 0 radical (unpaired) electrons. The van der Waals surface area contributed by atoms with Crippen molar-refractivity contribution in [1.29, 1.82) is 0 Å². The second kappa shape index (κ2) is 32.3. The van der Waals surface area contributed by atoms with E-state index in [0.29, 0.717) is 33.4 Å². The van der Waals surface area contributed by atoms with Crippen LogP contribution in [-0.4, -0.2) is 0 Å². The molecule has 3 aliphatic heterocycles. The van der Waals surface area contributed by atoms with Crippen LogP contribution in [0.25, 0.3) is 165 Å². The predicted octanol–water partition coefficient (Wildman–Crippen LogP) is 28.4. The summed E-state index contributed by atoms with van der Waals surface area (Å²) in [5.74, 6) is 1.59. The summed E-state index contributed by atoms with van der Waals surface area (Å²) in [5.41, 5.74) is 32.7. The Kier molecular flexibility index (Phi) is 21.6. The van der Waals surface area contributed by atoms with Gasteiger partial charge in [0.15, 0.2) is 0 Å². The molecule has 0 aromatic heterocycles. The Balaban J connectivity index is 0.000000126.